The fourth-order valence-corrected chi connectivity index (χ4v) is 2.16. The van der Waals surface area contributed by atoms with Crippen molar-refractivity contribution >= 4 is 23.3 Å². The maximum Gasteiger partial charge on any atom is 0.319 e. The van der Waals surface area contributed by atoms with E-state index in [-0.39, 0.29) is 23.2 Å². The highest BCUT2D eigenvalue weighted by Crippen LogP contribution is 2.39. The Bertz CT molecular complexity index is 494. The summed E-state index contributed by atoms with van der Waals surface area (Å²) in [5.41, 5.74) is -0.445. The van der Waals surface area contributed by atoms with Gasteiger partial charge in [0.1, 0.15) is 5.82 Å². The molecule has 1 aliphatic rings. The average molecular weight is 287 g/mol. The molecule has 0 saturated heterocycles. The minimum atomic E-state index is -0.649. The minimum Gasteiger partial charge on any atom is -0.394 e. The van der Waals surface area contributed by atoms with Gasteiger partial charge in [-0.05, 0) is 43.9 Å². The summed E-state index contributed by atoms with van der Waals surface area (Å²) in [7, 11) is 0. The zero-order valence-corrected chi connectivity index (χ0v) is 11.3. The predicted molar refractivity (Wildman–Crippen MR) is 71.8 cm³/mol. The molecule has 1 aromatic carbocycles. The molecule has 1 fully saturated rings. The van der Waals surface area contributed by atoms with E-state index in [4.69, 9.17) is 11.6 Å². The third-order valence-corrected chi connectivity index (χ3v) is 3.71. The van der Waals surface area contributed by atoms with Crippen LogP contribution in [0.25, 0.3) is 0 Å². The SMILES string of the molecule is CC(CO)(NC(=O)Nc1cc(F)ccc1Cl)C1CC1. The molecule has 1 aromatic rings. The van der Waals surface area contributed by atoms with Gasteiger partial charge in [-0.25, -0.2) is 9.18 Å². The number of aliphatic hydroxyl groups is 1. The number of halogens is 2. The first-order chi connectivity index (χ1) is 8.94. The average Bonchev–Trinajstić information content (AvgIpc) is 3.18. The van der Waals surface area contributed by atoms with Crippen LogP contribution >= 0.6 is 11.6 Å². The van der Waals surface area contributed by atoms with Gasteiger partial charge in [-0.3, -0.25) is 0 Å². The molecule has 3 N–H and O–H groups in total. The molecule has 0 aliphatic heterocycles. The number of nitrogens with one attached hydrogen (secondary N) is 2. The Kier molecular flexibility index (Phi) is 3.96. The van der Waals surface area contributed by atoms with Crippen LogP contribution in [0.4, 0.5) is 14.9 Å². The lowest BCUT2D eigenvalue weighted by molar-refractivity contribution is 0.159. The number of anilines is 1. The summed E-state index contributed by atoms with van der Waals surface area (Å²) >= 11 is 5.86. The summed E-state index contributed by atoms with van der Waals surface area (Å²) in [5, 5.41) is 14.8. The van der Waals surface area contributed by atoms with Crippen molar-refractivity contribution in [1.29, 1.82) is 0 Å². The van der Waals surface area contributed by atoms with E-state index < -0.39 is 17.4 Å². The molecule has 104 valence electrons. The molecule has 0 aromatic heterocycles. The Balaban J connectivity index is 2.02. The van der Waals surface area contributed by atoms with Crippen LogP contribution in [0, 0.1) is 11.7 Å². The Labute approximate surface area is 116 Å². The normalized spacial score (nSPS) is 17.7. The largest absolute Gasteiger partial charge is 0.394 e. The van der Waals surface area contributed by atoms with Gasteiger partial charge < -0.3 is 15.7 Å². The highest BCUT2D eigenvalue weighted by molar-refractivity contribution is 6.33. The zero-order chi connectivity index (χ0) is 14.0. The van der Waals surface area contributed by atoms with Gasteiger partial charge in [0.25, 0.3) is 0 Å². The van der Waals surface area contributed by atoms with E-state index >= 15 is 0 Å². The second-order valence-corrected chi connectivity index (χ2v) is 5.46. The second-order valence-electron chi connectivity index (χ2n) is 5.05. The lowest BCUT2D eigenvalue weighted by atomic mass is 9.97. The Hall–Kier alpha value is -1.33. The summed E-state index contributed by atoms with van der Waals surface area (Å²) < 4.78 is 13.1. The van der Waals surface area contributed by atoms with Crippen LogP contribution in [-0.4, -0.2) is 23.3 Å². The van der Waals surface area contributed by atoms with Crippen molar-refractivity contribution in [1.82, 2.24) is 5.32 Å². The number of aliphatic hydroxyl groups excluding tert-OH is 1. The van der Waals surface area contributed by atoms with E-state index in [1.165, 1.54) is 12.1 Å². The summed E-state index contributed by atoms with van der Waals surface area (Å²) in [6.45, 7) is 1.65. The Morgan fingerprint density at radius 2 is 2.26 bits per heavy atom. The van der Waals surface area contributed by atoms with Crippen molar-refractivity contribution in [2.24, 2.45) is 5.92 Å². The molecule has 19 heavy (non-hydrogen) atoms. The van der Waals surface area contributed by atoms with Gasteiger partial charge >= 0.3 is 6.03 Å². The highest BCUT2D eigenvalue weighted by Gasteiger charge is 2.42. The van der Waals surface area contributed by atoms with Crippen LogP contribution in [0.15, 0.2) is 18.2 Å². The third kappa shape index (κ3) is 3.36. The van der Waals surface area contributed by atoms with Gasteiger partial charge in [-0.1, -0.05) is 11.6 Å². The van der Waals surface area contributed by atoms with Crippen LogP contribution < -0.4 is 10.6 Å². The Morgan fingerprint density at radius 3 is 2.84 bits per heavy atom. The van der Waals surface area contributed by atoms with Crippen molar-refractivity contribution < 1.29 is 14.3 Å². The van der Waals surface area contributed by atoms with E-state index in [1.54, 1.807) is 6.92 Å². The lowest BCUT2D eigenvalue weighted by Gasteiger charge is -2.28. The smallest absolute Gasteiger partial charge is 0.319 e. The van der Waals surface area contributed by atoms with Gasteiger partial charge in [0.2, 0.25) is 0 Å². The van der Waals surface area contributed by atoms with Crippen LogP contribution in [0.1, 0.15) is 19.8 Å². The summed E-state index contributed by atoms with van der Waals surface area (Å²) in [5.74, 6) is -0.196. The minimum absolute atomic E-state index is 0.137. The molecule has 1 atom stereocenters. The van der Waals surface area contributed by atoms with E-state index in [1.807, 2.05) is 0 Å². The molecule has 0 bridgehead atoms. The van der Waals surface area contributed by atoms with Crippen molar-refractivity contribution in [3.8, 4) is 0 Å². The zero-order valence-electron chi connectivity index (χ0n) is 10.5. The Morgan fingerprint density at radius 1 is 1.58 bits per heavy atom. The first-order valence-corrected chi connectivity index (χ1v) is 6.47. The molecule has 6 heteroatoms. The number of carbonyl (C=O) groups is 1. The van der Waals surface area contributed by atoms with Gasteiger partial charge in [0.15, 0.2) is 0 Å². The van der Waals surface area contributed by atoms with Crippen LogP contribution in [0.2, 0.25) is 5.02 Å². The van der Waals surface area contributed by atoms with Crippen LogP contribution in [-0.2, 0) is 0 Å². The van der Waals surface area contributed by atoms with E-state index in [0.717, 1.165) is 18.9 Å². The van der Waals surface area contributed by atoms with Crippen molar-refractivity contribution in [2.75, 3.05) is 11.9 Å². The van der Waals surface area contributed by atoms with E-state index in [2.05, 4.69) is 10.6 Å². The maximum absolute atomic E-state index is 13.1. The molecule has 0 heterocycles. The molecule has 1 aliphatic carbocycles. The molecule has 0 radical (unpaired) electrons. The third-order valence-electron chi connectivity index (χ3n) is 3.38. The fraction of sp³-hybridized carbons (Fsp3) is 0.462. The van der Waals surface area contributed by atoms with Crippen molar-refractivity contribution in [3.63, 3.8) is 0 Å². The molecular formula is C13H16ClFN2O2. The number of benzene rings is 1. The van der Waals surface area contributed by atoms with Gasteiger partial charge in [0.05, 0.1) is 22.9 Å². The topological polar surface area (TPSA) is 61.4 Å². The van der Waals surface area contributed by atoms with Gasteiger partial charge in [-0.2, -0.15) is 0 Å². The monoisotopic (exact) mass is 286 g/mol. The number of rotatable bonds is 4. The second kappa shape index (κ2) is 5.35. The summed E-state index contributed by atoms with van der Waals surface area (Å²) in [6, 6.07) is 3.23. The molecule has 1 saturated carbocycles. The van der Waals surface area contributed by atoms with Crippen molar-refractivity contribution in [3.05, 3.63) is 29.0 Å². The maximum atomic E-state index is 13.1. The molecule has 2 amide bonds. The molecule has 4 nitrogen and oxygen atoms in total. The molecule has 0 spiro atoms. The number of amides is 2. The highest BCUT2D eigenvalue weighted by atomic mass is 35.5. The molecule has 2 rings (SSSR count). The predicted octanol–water partition coefficient (Wildman–Crippen LogP) is 2.76. The van der Waals surface area contributed by atoms with Crippen LogP contribution in [0.5, 0.6) is 0 Å². The first kappa shape index (κ1) is 14.1. The standard InChI is InChI=1S/C13H16ClFN2O2/c1-13(7-18,8-2-3-8)17-12(19)16-11-6-9(15)4-5-10(11)14/h4-6,8,18H,2-3,7H2,1H3,(H2,16,17,19). The first-order valence-electron chi connectivity index (χ1n) is 6.10. The molecular weight excluding hydrogens is 271 g/mol. The fourth-order valence-electron chi connectivity index (χ4n) is 2.00. The van der Waals surface area contributed by atoms with Crippen LogP contribution in [0.3, 0.4) is 0 Å². The van der Waals surface area contributed by atoms with Gasteiger partial charge in [-0.15, -0.1) is 0 Å². The summed E-state index contributed by atoms with van der Waals surface area (Å²) in [6.07, 6.45) is 1.97. The number of urea groups is 1. The van der Waals surface area contributed by atoms with E-state index in [9.17, 15) is 14.3 Å². The quantitative estimate of drug-likeness (QED) is 0.797. The summed E-state index contributed by atoms with van der Waals surface area (Å²) in [4.78, 5) is 11.9. The molecule has 1 unspecified atom stereocenters. The lowest BCUT2D eigenvalue weighted by Crippen LogP contribution is -2.52. The number of hydrogen-bond donors (Lipinski definition) is 3. The number of hydrogen-bond acceptors (Lipinski definition) is 2. The van der Waals surface area contributed by atoms with E-state index in [0.29, 0.717) is 0 Å². The number of carbonyl (C=O) groups excluding carboxylic acids is 1. The van der Waals surface area contributed by atoms with Gasteiger partial charge in [0, 0.05) is 0 Å². The van der Waals surface area contributed by atoms with Crippen molar-refractivity contribution in [2.45, 2.75) is 25.3 Å².